The summed E-state index contributed by atoms with van der Waals surface area (Å²) < 4.78 is 0. The van der Waals surface area contributed by atoms with Gasteiger partial charge in [-0.05, 0) is 30.1 Å². The molecule has 0 atom stereocenters. The van der Waals surface area contributed by atoms with Crippen molar-refractivity contribution in [3.63, 3.8) is 0 Å². The van der Waals surface area contributed by atoms with E-state index >= 15 is 0 Å². The van der Waals surface area contributed by atoms with Crippen LogP contribution in [0.4, 0.5) is 0 Å². The number of hydrogen-bond donors (Lipinski definition) is 3. The van der Waals surface area contributed by atoms with E-state index < -0.39 is 11.8 Å². The van der Waals surface area contributed by atoms with Crippen LogP contribution < -0.4 is 5.32 Å². The Morgan fingerprint density at radius 2 is 1.30 bits per heavy atom. The summed E-state index contributed by atoms with van der Waals surface area (Å²) >= 11 is 0. The first-order valence-electron chi connectivity index (χ1n) is 10.3. The van der Waals surface area contributed by atoms with Gasteiger partial charge in [0.1, 0.15) is 0 Å². The van der Waals surface area contributed by atoms with Crippen LogP contribution in [0.1, 0.15) is 97.3 Å². The van der Waals surface area contributed by atoms with Gasteiger partial charge in [0.05, 0.1) is 0 Å². The van der Waals surface area contributed by atoms with Crippen molar-refractivity contribution in [3.8, 4) is 35.5 Å². The van der Waals surface area contributed by atoms with E-state index in [1.807, 2.05) is 5.32 Å². The molecule has 0 radical (unpaired) electrons. The van der Waals surface area contributed by atoms with Crippen LogP contribution in [-0.4, -0.2) is 22.0 Å². The summed E-state index contributed by atoms with van der Waals surface area (Å²) in [7, 11) is 0. The largest absolute Gasteiger partial charge is 0.349 e. The number of unbranched alkanes of at least 4 members (excludes halogenated alkanes) is 11. The van der Waals surface area contributed by atoms with Gasteiger partial charge in [0, 0.05) is 18.8 Å². The van der Waals surface area contributed by atoms with Gasteiger partial charge in [0.15, 0.2) is 0 Å². The second kappa shape index (κ2) is 17.5. The maximum absolute atomic E-state index is 11.3. The van der Waals surface area contributed by atoms with Crippen molar-refractivity contribution in [3.05, 3.63) is 0 Å². The molecule has 0 unspecified atom stereocenters. The molecule has 4 nitrogen and oxygen atoms in total. The van der Waals surface area contributed by atoms with Crippen molar-refractivity contribution in [1.82, 2.24) is 5.32 Å². The molecule has 0 saturated carbocycles. The van der Waals surface area contributed by atoms with Gasteiger partial charge in [-0.2, -0.15) is 0 Å². The summed E-state index contributed by atoms with van der Waals surface area (Å²) in [6.07, 6.45) is 15.3. The van der Waals surface area contributed by atoms with Crippen LogP contribution in [0.2, 0.25) is 0 Å². The predicted octanol–water partition coefficient (Wildman–Crippen LogP) is 3.86. The summed E-state index contributed by atoms with van der Waals surface area (Å²) in [6, 6.07) is 0. The Hall–Kier alpha value is -1.93. The molecule has 0 aromatic carbocycles. The molecule has 0 bridgehead atoms. The molecule has 150 valence electrons. The van der Waals surface area contributed by atoms with Crippen LogP contribution >= 0.6 is 0 Å². The third-order valence-corrected chi connectivity index (χ3v) is 4.16. The van der Waals surface area contributed by atoms with E-state index in [0.29, 0.717) is 0 Å². The lowest BCUT2D eigenvalue weighted by molar-refractivity contribution is -0.188. The van der Waals surface area contributed by atoms with Crippen LogP contribution in [-0.2, 0) is 4.79 Å². The number of amides is 1. The quantitative estimate of drug-likeness (QED) is 0.261. The van der Waals surface area contributed by atoms with E-state index in [-0.39, 0.29) is 6.42 Å². The molecule has 3 N–H and O–H groups in total. The summed E-state index contributed by atoms with van der Waals surface area (Å²) in [4.78, 5) is 11.3. The molecular formula is C23H35NO3. The second-order valence-corrected chi connectivity index (χ2v) is 6.71. The highest BCUT2D eigenvalue weighted by Crippen LogP contribution is 2.11. The minimum Gasteiger partial charge on any atom is -0.349 e. The molecule has 0 aliphatic rings. The minimum atomic E-state index is -2.23. The fraction of sp³-hybridized carbons (Fsp3) is 0.696. The Morgan fingerprint density at radius 3 is 1.85 bits per heavy atom. The zero-order valence-corrected chi connectivity index (χ0v) is 17.0. The third-order valence-electron chi connectivity index (χ3n) is 4.16. The van der Waals surface area contributed by atoms with Crippen molar-refractivity contribution in [2.24, 2.45) is 0 Å². The van der Waals surface area contributed by atoms with E-state index in [1.165, 1.54) is 71.1 Å². The standard InChI is InChI=1S/C23H35NO3/c1-3-5-6-7-8-9-10-11-12-13-14-15-16-17-18-19-20-21-22(25)24-23(26,27)4-2/h26-27H,3-15H2,1-2H3,(H,24,25). The van der Waals surface area contributed by atoms with E-state index in [0.717, 1.165) is 12.8 Å². The lowest BCUT2D eigenvalue weighted by atomic mass is 10.1. The van der Waals surface area contributed by atoms with Gasteiger partial charge in [-0.3, -0.25) is 10.1 Å². The fourth-order valence-electron chi connectivity index (χ4n) is 2.44. The molecule has 0 aliphatic heterocycles. The molecular weight excluding hydrogens is 338 g/mol. The maximum atomic E-state index is 11.3. The van der Waals surface area contributed by atoms with Gasteiger partial charge in [-0.1, -0.05) is 84.0 Å². The second-order valence-electron chi connectivity index (χ2n) is 6.71. The molecule has 0 spiro atoms. The Balaban J connectivity index is 3.62. The van der Waals surface area contributed by atoms with Gasteiger partial charge >= 0.3 is 5.91 Å². The molecule has 0 aromatic rings. The molecule has 1 amide bonds. The van der Waals surface area contributed by atoms with Gasteiger partial charge < -0.3 is 10.2 Å². The lowest BCUT2D eigenvalue weighted by Crippen LogP contribution is -2.47. The number of carbonyl (C=O) groups excluding carboxylic acids is 1. The van der Waals surface area contributed by atoms with Crippen molar-refractivity contribution in [1.29, 1.82) is 0 Å². The molecule has 0 aliphatic carbocycles. The topological polar surface area (TPSA) is 69.6 Å². The zero-order chi connectivity index (χ0) is 20.2. The first-order chi connectivity index (χ1) is 13.0. The number of carbonyl (C=O) groups is 1. The smallest absolute Gasteiger partial charge is 0.300 e. The Bertz CT molecular complexity index is 576. The van der Waals surface area contributed by atoms with Crippen LogP contribution in [0, 0.1) is 35.5 Å². The first-order valence-corrected chi connectivity index (χ1v) is 10.3. The summed E-state index contributed by atoms with van der Waals surface area (Å²) in [5.74, 6) is 12.2. The zero-order valence-electron chi connectivity index (χ0n) is 17.0. The third kappa shape index (κ3) is 18.7. The summed E-state index contributed by atoms with van der Waals surface area (Å²) in [6.45, 7) is 3.78. The number of hydrogen-bond acceptors (Lipinski definition) is 3. The monoisotopic (exact) mass is 373 g/mol. The normalized spacial score (nSPS) is 9.93. The SMILES string of the molecule is CCCCCCCCCCCCCC#CC#CC#CC(=O)NC(O)(O)CC. The molecule has 0 fully saturated rings. The van der Waals surface area contributed by atoms with Crippen molar-refractivity contribution in [2.45, 2.75) is 103 Å². The summed E-state index contributed by atoms with van der Waals surface area (Å²) in [5, 5.41) is 20.4. The van der Waals surface area contributed by atoms with Crippen molar-refractivity contribution >= 4 is 5.91 Å². The highest BCUT2D eigenvalue weighted by atomic mass is 16.5. The number of rotatable bonds is 13. The van der Waals surface area contributed by atoms with E-state index in [4.69, 9.17) is 0 Å². The Kier molecular flexibility index (Phi) is 16.2. The average Bonchev–Trinajstić information content (AvgIpc) is 2.64. The van der Waals surface area contributed by atoms with Gasteiger partial charge in [0.25, 0.3) is 0 Å². The van der Waals surface area contributed by atoms with Crippen LogP contribution in [0.3, 0.4) is 0 Å². The van der Waals surface area contributed by atoms with Crippen molar-refractivity contribution < 1.29 is 15.0 Å². The molecule has 0 saturated heterocycles. The van der Waals surface area contributed by atoms with Crippen LogP contribution in [0.5, 0.6) is 0 Å². The minimum absolute atomic E-state index is 0.0311. The molecule has 27 heavy (non-hydrogen) atoms. The maximum Gasteiger partial charge on any atom is 0.300 e. The molecule has 4 heteroatoms. The van der Waals surface area contributed by atoms with Crippen LogP contribution in [0.15, 0.2) is 0 Å². The molecule has 0 aromatic heterocycles. The fourth-order valence-corrected chi connectivity index (χ4v) is 2.44. The van der Waals surface area contributed by atoms with Crippen LogP contribution in [0.25, 0.3) is 0 Å². The number of aliphatic hydroxyl groups is 2. The van der Waals surface area contributed by atoms with E-state index in [2.05, 4.69) is 42.4 Å². The number of nitrogens with one attached hydrogen (secondary N) is 1. The molecule has 0 heterocycles. The predicted molar refractivity (Wildman–Crippen MR) is 110 cm³/mol. The molecule has 0 rings (SSSR count). The lowest BCUT2D eigenvalue weighted by Gasteiger charge is -2.18. The highest BCUT2D eigenvalue weighted by molar-refractivity contribution is 5.94. The van der Waals surface area contributed by atoms with Gasteiger partial charge in [-0.25, -0.2) is 0 Å². The van der Waals surface area contributed by atoms with Gasteiger partial charge in [-0.15, -0.1) is 0 Å². The van der Waals surface area contributed by atoms with Gasteiger partial charge in [0.2, 0.25) is 5.91 Å². The Labute approximate surface area is 165 Å². The Morgan fingerprint density at radius 1 is 0.778 bits per heavy atom. The highest BCUT2D eigenvalue weighted by Gasteiger charge is 2.21. The van der Waals surface area contributed by atoms with E-state index in [9.17, 15) is 15.0 Å². The first kappa shape index (κ1) is 25.1. The average molecular weight is 374 g/mol. The van der Waals surface area contributed by atoms with E-state index in [1.54, 1.807) is 0 Å². The van der Waals surface area contributed by atoms with Crippen molar-refractivity contribution in [2.75, 3.05) is 0 Å². The summed E-state index contributed by atoms with van der Waals surface area (Å²) in [5.41, 5.74) is 0.